The minimum absolute atomic E-state index is 0.0743. The average Bonchev–Trinajstić information content (AvgIpc) is 2.65. The summed E-state index contributed by atoms with van der Waals surface area (Å²) in [6, 6.07) is 0.129. The van der Waals surface area contributed by atoms with E-state index in [2.05, 4.69) is 0 Å². The average molecular weight is 157 g/mol. The van der Waals surface area contributed by atoms with Crippen molar-refractivity contribution in [2.45, 2.75) is 26.3 Å². The van der Waals surface area contributed by atoms with Crippen molar-refractivity contribution in [3.63, 3.8) is 0 Å². The van der Waals surface area contributed by atoms with E-state index in [1.807, 2.05) is 13.8 Å². The molecule has 0 aromatic rings. The molecule has 1 unspecified atom stereocenters. The fourth-order valence-electron chi connectivity index (χ4n) is 1.32. The molecule has 0 amide bonds. The molecular weight excluding hydrogens is 142 g/mol. The molecule has 3 atom stereocenters. The Labute approximate surface area is 66.9 Å². The second-order valence-corrected chi connectivity index (χ2v) is 3.12. The predicted molar refractivity (Wildman–Crippen MR) is 41.9 cm³/mol. The Morgan fingerprint density at radius 2 is 2.45 bits per heavy atom. The Hall–Kier alpha value is -0.570. The molecule has 3 nitrogen and oxygen atoms in total. The highest BCUT2D eigenvalue weighted by Gasteiger charge is 2.46. The second kappa shape index (κ2) is 3.22. The van der Waals surface area contributed by atoms with E-state index in [1.54, 1.807) is 0 Å². The summed E-state index contributed by atoms with van der Waals surface area (Å²) in [6.45, 7) is 4.23. The van der Waals surface area contributed by atoms with Crippen LogP contribution in [0.5, 0.6) is 0 Å². The molecule has 0 radical (unpaired) electrons. The fraction of sp³-hybridized carbons (Fsp3) is 0.875. The number of carbonyl (C=O) groups is 1. The summed E-state index contributed by atoms with van der Waals surface area (Å²) in [5, 5.41) is 0. The highest BCUT2D eigenvalue weighted by Crippen LogP contribution is 2.41. The van der Waals surface area contributed by atoms with Crippen LogP contribution in [0.15, 0.2) is 0 Å². The van der Waals surface area contributed by atoms with Gasteiger partial charge in [0, 0.05) is 6.04 Å². The van der Waals surface area contributed by atoms with E-state index >= 15 is 0 Å². The Morgan fingerprint density at radius 3 is 2.82 bits per heavy atom. The van der Waals surface area contributed by atoms with Gasteiger partial charge in [0.05, 0.1) is 12.5 Å². The molecule has 0 aliphatic heterocycles. The van der Waals surface area contributed by atoms with Gasteiger partial charge < -0.3 is 10.5 Å². The van der Waals surface area contributed by atoms with Crippen LogP contribution >= 0.6 is 0 Å². The van der Waals surface area contributed by atoms with E-state index in [1.165, 1.54) is 0 Å². The SMILES string of the molecule is CCOC(=O)[C@@H]1C[C@H]1C(C)N. The Morgan fingerprint density at radius 1 is 1.82 bits per heavy atom. The lowest BCUT2D eigenvalue weighted by molar-refractivity contribution is -0.145. The van der Waals surface area contributed by atoms with Crippen molar-refractivity contribution >= 4 is 5.97 Å². The van der Waals surface area contributed by atoms with Gasteiger partial charge in [-0.15, -0.1) is 0 Å². The first-order chi connectivity index (χ1) is 5.16. The Bertz CT molecular complexity index is 156. The minimum Gasteiger partial charge on any atom is -0.466 e. The lowest BCUT2D eigenvalue weighted by Gasteiger charge is -2.02. The van der Waals surface area contributed by atoms with E-state index in [-0.39, 0.29) is 17.9 Å². The summed E-state index contributed by atoms with van der Waals surface area (Å²) in [5.74, 6) is 0.388. The maximum absolute atomic E-state index is 11.0. The largest absolute Gasteiger partial charge is 0.466 e. The summed E-state index contributed by atoms with van der Waals surface area (Å²) in [4.78, 5) is 11.0. The summed E-state index contributed by atoms with van der Waals surface area (Å²) < 4.78 is 4.85. The third-order valence-electron chi connectivity index (χ3n) is 2.10. The molecule has 1 saturated carbocycles. The summed E-state index contributed by atoms with van der Waals surface area (Å²) in [7, 11) is 0. The monoisotopic (exact) mass is 157 g/mol. The van der Waals surface area contributed by atoms with Gasteiger partial charge in [-0.05, 0) is 26.2 Å². The highest BCUT2D eigenvalue weighted by molar-refractivity contribution is 5.75. The minimum atomic E-state index is -0.0743. The zero-order valence-corrected chi connectivity index (χ0v) is 7.04. The topological polar surface area (TPSA) is 52.3 Å². The van der Waals surface area contributed by atoms with Gasteiger partial charge in [0.15, 0.2) is 0 Å². The summed E-state index contributed by atoms with van der Waals surface area (Å²) >= 11 is 0. The molecule has 3 heteroatoms. The number of ether oxygens (including phenoxy) is 1. The zero-order chi connectivity index (χ0) is 8.43. The smallest absolute Gasteiger partial charge is 0.309 e. The first-order valence-electron chi connectivity index (χ1n) is 4.09. The molecule has 1 aliphatic carbocycles. The van der Waals surface area contributed by atoms with Crippen LogP contribution < -0.4 is 5.73 Å². The highest BCUT2D eigenvalue weighted by atomic mass is 16.5. The number of rotatable bonds is 3. The van der Waals surface area contributed by atoms with Crippen molar-refractivity contribution < 1.29 is 9.53 Å². The van der Waals surface area contributed by atoms with E-state index < -0.39 is 0 Å². The molecule has 1 rings (SSSR count). The Kier molecular flexibility index (Phi) is 2.49. The van der Waals surface area contributed by atoms with Crippen LogP contribution in [0, 0.1) is 11.8 Å². The van der Waals surface area contributed by atoms with Gasteiger partial charge in [-0.25, -0.2) is 0 Å². The molecule has 0 spiro atoms. The molecule has 0 aromatic carbocycles. The first-order valence-corrected chi connectivity index (χ1v) is 4.09. The molecule has 0 bridgehead atoms. The van der Waals surface area contributed by atoms with Crippen LogP contribution in [0.1, 0.15) is 20.3 Å². The van der Waals surface area contributed by atoms with Gasteiger partial charge in [-0.1, -0.05) is 0 Å². The number of carbonyl (C=O) groups excluding carboxylic acids is 1. The quantitative estimate of drug-likeness (QED) is 0.608. The molecule has 0 saturated heterocycles. The van der Waals surface area contributed by atoms with Crippen molar-refractivity contribution in [2.24, 2.45) is 17.6 Å². The third kappa shape index (κ3) is 1.93. The first kappa shape index (κ1) is 8.53. The molecule has 11 heavy (non-hydrogen) atoms. The van der Waals surface area contributed by atoms with E-state index in [0.29, 0.717) is 12.5 Å². The molecule has 1 aliphatic rings. The third-order valence-corrected chi connectivity index (χ3v) is 2.10. The van der Waals surface area contributed by atoms with Crippen LogP contribution in [-0.4, -0.2) is 18.6 Å². The van der Waals surface area contributed by atoms with E-state index in [9.17, 15) is 4.79 Å². The second-order valence-electron chi connectivity index (χ2n) is 3.12. The van der Waals surface area contributed by atoms with Gasteiger partial charge in [0.1, 0.15) is 0 Å². The van der Waals surface area contributed by atoms with Gasteiger partial charge in [-0.3, -0.25) is 4.79 Å². The van der Waals surface area contributed by atoms with Crippen molar-refractivity contribution in [3.05, 3.63) is 0 Å². The van der Waals surface area contributed by atoms with Crippen LogP contribution in [0.4, 0.5) is 0 Å². The summed E-state index contributed by atoms with van der Waals surface area (Å²) in [5.41, 5.74) is 5.61. The van der Waals surface area contributed by atoms with Crippen molar-refractivity contribution in [1.29, 1.82) is 0 Å². The van der Waals surface area contributed by atoms with Crippen molar-refractivity contribution in [1.82, 2.24) is 0 Å². The maximum Gasteiger partial charge on any atom is 0.309 e. The predicted octanol–water partition coefficient (Wildman–Crippen LogP) is 0.533. The number of hydrogen-bond donors (Lipinski definition) is 1. The maximum atomic E-state index is 11.0. The van der Waals surface area contributed by atoms with Crippen LogP contribution in [0.2, 0.25) is 0 Å². The van der Waals surface area contributed by atoms with E-state index in [4.69, 9.17) is 10.5 Å². The normalized spacial score (nSPS) is 31.2. The van der Waals surface area contributed by atoms with Gasteiger partial charge in [-0.2, -0.15) is 0 Å². The number of nitrogens with two attached hydrogens (primary N) is 1. The fourth-order valence-corrected chi connectivity index (χ4v) is 1.32. The Balaban J connectivity index is 2.26. The molecule has 1 fully saturated rings. The van der Waals surface area contributed by atoms with Crippen molar-refractivity contribution in [3.8, 4) is 0 Å². The van der Waals surface area contributed by atoms with Crippen LogP contribution in [-0.2, 0) is 9.53 Å². The number of hydrogen-bond acceptors (Lipinski definition) is 3. The lowest BCUT2D eigenvalue weighted by Crippen LogP contribution is -2.20. The molecule has 0 heterocycles. The van der Waals surface area contributed by atoms with Gasteiger partial charge in [0.2, 0.25) is 0 Å². The molecule has 64 valence electrons. The van der Waals surface area contributed by atoms with E-state index in [0.717, 1.165) is 6.42 Å². The van der Waals surface area contributed by atoms with Crippen LogP contribution in [0.25, 0.3) is 0 Å². The van der Waals surface area contributed by atoms with Crippen LogP contribution in [0.3, 0.4) is 0 Å². The van der Waals surface area contributed by atoms with Crippen molar-refractivity contribution in [2.75, 3.05) is 6.61 Å². The standard InChI is InChI=1S/C8H15NO2/c1-3-11-8(10)7-4-6(7)5(2)9/h5-7H,3-4,9H2,1-2H3/t5?,6-,7+/m0/s1. The number of esters is 1. The molecule has 2 N–H and O–H groups in total. The molecule has 0 aromatic heterocycles. The zero-order valence-electron chi connectivity index (χ0n) is 7.04. The summed E-state index contributed by atoms with van der Waals surface area (Å²) in [6.07, 6.45) is 0.913. The van der Waals surface area contributed by atoms with Gasteiger partial charge >= 0.3 is 5.97 Å². The van der Waals surface area contributed by atoms with Gasteiger partial charge in [0.25, 0.3) is 0 Å². The molecular formula is C8H15NO2. The lowest BCUT2D eigenvalue weighted by atomic mass is 10.2.